The number of aliphatic hydroxyl groups is 1. The van der Waals surface area contributed by atoms with Crippen LogP contribution in [0.15, 0.2) is 0 Å². The van der Waals surface area contributed by atoms with E-state index in [0.29, 0.717) is 18.0 Å². The molecule has 0 amide bonds. The highest BCUT2D eigenvalue weighted by molar-refractivity contribution is 4.77. The van der Waals surface area contributed by atoms with Crippen molar-refractivity contribution in [3.63, 3.8) is 0 Å². The molecule has 2 atom stereocenters. The fraction of sp³-hybridized carbons (Fsp3) is 1.00. The van der Waals surface area contributed by atoms with E-state index in [1.807, 2.05) is 0 Å². The van der Waals surface area contributed by atoms with Crippen LogP contribution in [0.3, 0.4) is 0 Å². The molecule has 3 heteroatoms. The van der Waals surface area contributed by atoms with Crippen LogP contribution in [0.5, 0.6) is 0 Å². The summed E-state index contributed by atoms with van der Waals surface area (Å²) in [5, 5.41) is 13.3. The van der Waals surface area contributed by atoms with Gasteiger partial charge in [0.15, 0.2) is 0 Å². The summed E-state index contributed by atoms with van der Waals surface area (Å²) in [6.45, 7) is 11.8. The molecule has 17 heavy (non-hydrogen) atoms. The second-order valence-corrected chi connectivity index (χ2v) is 5.98. The van der Waals surface area contributed by atoms with Crippen molar-refractivity contribution in [1.29, 1.82) is 0 Å². The number of rotatable bonds is 5. The fourth-order valence-electron chi connectivity index (χ4n) is 2.36. The minimum atomic E-state index is -0.209. The fourth-order valence-corrected chi connectivity index (χ4v) is 2.36. The lowest BCUT2D eigenvalue weighted by molar-refractivity contribution is 0.119. The van der Waals surface area contributed by atoms with Gasteiger partial charge in [0.25, 0.3) is 0 Å². The first-order valence-corrected chi connectivity index (χ1v) is 7.16. The lowest BCUT2D eigenvalue weighted by Crippen LogP contribution is -2.38. The summed E-state index contributed by atoms with van der Waals surface area (Å²) < 4.78 is 0. The van der Waals surface area contributed by atoms with Crippen LogP contribution in [0.2, 0.25) is 0 Å². The molecular weight excluding hydrogens is 212 g/mol. The highest BCUT2D eigenvalue weighted by atomic mass is 16.3. The van der Waals surface area contributed by atoms with Gasteiger partial charge in [-0.1, -0.05) is 13.8 Å². The molecule has 1 aliphatic heterocycles. The largest absolute Gasteiger partial charge is 0.392 e. The number of aliphatic hydroxyl groups excluding tert-OH is 1. The molecule has 1 saturated heterocycles. The lowest BCUT2D eigenvalue weighted by Gasteiger charge is -2.24. The minimum absolute atomic E-state index is 0.209. The molecule has 2 unspecified atom stereocenters. The number of hydrogen-bond acceptors (Lipinski definition) is 3. The SMILES string of the molecule is CC(C)C(O)CNC1CCCN(C(C)C)CC1. The van der Waals surface area contributed by atoms with Crippen LogP contribution < -0.4 is 5.32 Å². The van der Waals surface area contributed by atoms with Crippen LogP contribution in [0.4, 0.5) is 0 Å². The zero-order valence-corrected chi connectivity index (χ0v) is 11.9. The first kappa shape index (κ1) is 14.9. The van der Waals surface area contributed by atoms with Gasteiger partial charge >= 0.3 is 0 Å². The van der Waals surface area contributed by atoms with E-state index in [2.05, 4.69) is 37.9 Å². The van der Waals surface area contributed by atoms with Gasteiger partial charge in [0.2, 0.25) is 0 Å². The van der Waals surface area contributed by atoms with E-state index in [-0.39, 0.29) is 6.10 Å². The maximum atomic E-state index is 9.79. The molecule has 3 nitrogen and oxygen atoms in total. The Morgan fingerprint density at radius 3 is 2.47 bits per heavy atom. The first-order valence-electron chi connectivity index (χ1n) is 7.16. The van der Waals surface area contributed by atoms with Crippen LogP contribution in [0, 0.1) is 5.92 Å². The number of nitrogens with zero attached hydrogens (tertiary/aromatic N) is 1. The standard InChI is InChI=1S/C14H30N2O/c1-11(2)14(17)10-15-13-6-5-8-16(9-7-13)12(3)4/h11-15,17H,5-10H2,1-4H3. The molecular formula is C14H30N2O. The molecule has 1 heterocycles. The lowest BCUT2D eigenvalue weighted by atomic mass is 10.1. The molecule has 1 aliphatic rings. The van der Waals surface area contributed by atoms with E-state index in [4.69, 9.17) is 0 Å². The summed E-state index contributed by atoms with van der Waals surface area (Å²) in [7, 11) is 0. The van der Waals surface area contributed by atoms with Gasteiger partial charge in [-0.15, -0.1) is 0 Å². The number of nitrogens with one attached hydrogen (secondary N) is 1. The van der Waals surface area contributed by atoms with Gasteiger partial charge in [0, 0.05) is 18.6 Å². The van der Waals surface area contributed by atoms with Crippen LogP contribution in [-0.2, 0) is 0 Å². The van der Waals surface area contributed by atoms with Crippen molar-refractivity contribution in [1.82, 2.24) is 10.2 Å². The topological polar surface area (TPSA) is 35.5 Å². The third-order valence-corrected chi connectivity index (χ3v) is 3.88. The van der Waals surface area contributed by atoms with E-state index in [0.717, 1.165) is 6.54 Å². The number of likely N-dealkylation sites (tertiary alicyclic amines) is 1. The highest BCUT2D eigenvalue weighted by Gasteiger charge is 2.19. The van der Waals surface area contributed by atoms with Crippen molar-refractivity contribution < 1.29 is 5.11 Å². The van der Waals surface area contributed by atoms with Gasteiger partial charge in [0.05, 0.1) is 6.10 Å². The van der Waals surface area contributed by atoms with Crippen LogP contribution in [-0.4, -0.2) is 47.8 Å². The minimum Gasteiger partial charge on any atom is -0.392 e. The highest BCUT2D eigenvalue weighted by Crippen LogP contribution is 2.13. The normalized spacial score (nSPS) is 25.2. The van der Waals surface area contributed by atoms with Gasteiger partial charge in [0.1, 0.15) is 0 Å². The second-order valence-electron chi connectivity index (χ2n) is 5.98. The monoisotopic (exact) mass is 242 g/mol. The Bertz CT molecular complexity index is 206. The average molecular weight is 242 g/mol. The Morgan fingerprint density at radius 1 is 1.18 bits per heavy atom. The molecule has 0 aromatic carbocycles. The van der Waals surface area contributed by atoms with Gasteiger partial charge < -0.3 is 15.3 Å². The van der Waals surface area contributed by atoms with Gasteiger partial charge in [-0.05, 0) is 52.1 Å². The van der Waals surface area contributed by atoms with Gasteiger partial charge in [-0.2, -0.15) is 0 Å². The quantitative estimate of drug-likeness (QED) is 0.772. The summed E-state index contributed by atoms with van der Waals surface area (Å²) in [5.41, 5.74) is 0. The third kappa shape index (κ3) is 5.36. The Morgan fingerprint density at radius 2 is 1.88 bits per heavy atom. The molecule has 0 aromatic heterocycles. The zero-order valence-electron chi connectivity index (χ0n) is 11.9. The molecule has 0 spiro atoms. The summed E-state index contributed by atoms with van der Waals surface area (Å²) in [4.78, 5) is 2.56. The van der Waals surface area contributed by atoms with Crippen LogP contribution >= 0.6 is 0 Å². The number of hydrogen-bond donors (Lipinski definition) is 2. The van der Waals surface area contributed by atoms with E-state index in [9.17, 15) is 5.11 Å². The van der Waals surface area contributed by atoms with Crippen molar-refractivity contribution in [3.05, 3.63) is 0 Å². The van der Waals surface area contributed by atoms with Crippen molar-refractivity contribution >= 4 is 0 Å². The zero-order chi connectivity index (χ0) is 12.8. The molecule has 0 radical (unpaired) electrons. The average Bonchev–Trinajstić information content (AvgIpc) is 2.50. The Hall–Kier alpha value is -0.120. The molecule has 2 N–H and O–H groups in total. The predicted octanol–water partition coefficient (Wildman–Crippen LogP) is 1.86. The Kier molecular flexibility index (Phi) is 6.45. The second kappa shape index (κ2) is 7.34. The third-order valence-electron chi connectivity index (χ3n) is 3.88. The molecule has 1 fully saturated rings. The van der Waals surface area contributed by atoms with Crippen molar-refractivity contribution in [2.45, 2.75) is 65.1 Å². The summed E-state index contributed by atoms with van der Waals surface area (Å²) in [6.07, 6.45) is 3.52. The van der Waals surface area contributed by atoms with Crippen molar-refractivity contribution in [2.75, 3.05) is 19.6 Å². The Balaban J connectivity index is 2.27. The summed E-state index contributed by atoms with van der Waals surface area (Å²) >= 11 is 0. The molecule has 0 saturated carbocycles. The molecule has 102 valence electrons. The first-order chi connectivity index (χ1) is 8.00. The molecule has 1 rings (SSSR count). The maximum absolute atomic E-state index is 9.79. The molecule has 0 aliphatic carbocycles. The van der Waals surface area contributed by atoms with Crippen LogP contribution in [0.1, 0.15) is 47.0 Å². The summed E-state index contributed by atoms with van der Waals surface area (Å²) in [5.74, 6) is 0.348. The molecule has 0 bridgehead atoms. The van der Waals surface area contributed by atoms with E-state index >= 15 is 0 Å². The van der Waals surface area contributed by atoms with Crippen molar-refractivity contribution in [3.8, 4) is 0 Å². The van der Waals surface area contributed by atoms with Crippen LogP contribution in [0.25, 0.3) is 0 Å². The summed E-state index contributed by atoms with van der Waals surface area (Å²) in [6, 6.07) is 1.25. The smallest absolute Gasteiger partial charge is 0.0687 e. The Labute approximate surface area is 107 Å². The van der Waals surface area contributed by atoms with Gasteiger partial charge in [-0.3, -0.25) is 0 Å². The van der Waals surface area contributed by atoms with Gasteiger partial charge in [-0.25, -0.2) is 0 Å². The van der Waals surface area contributed by atoms with E-state index < -0.39 is 0 Å². The van der Waals surface area contributed by atoms with E-state index in [1.165, 1.54) is 32.4 Å². The van der Waals surface area contributed by atoms with E-state index in [1.54, 1.807) is 0 Å². The molecule has 0 aromatic rings. The maximum Gasteiger partial charge on any atom is 0.0687 e. The van der Waals surface area contributed by atoms with Crippen molar-refractivity contribution in [2.24, 2.45) is 5.92 Å². The predicted molar refractivity (Wildman–Crippen MR) is 73.2 cm³/mol.